The molecule has 3 aromatic rings. The quantitative estimate of drug-likeness (QED) is 0.724. The fourth-order valence-electron chi connectivity index (χ4n) is 3.29. The lowest BCUT2D eigenvalue weighted by molar-refractivity contribution is 0.591. The molecule has 2 aromatic carbocycles. The van der Waals surface area contributed by atoms with Crippen molar-refractivity contribution in [3.05, 3.63) is 83.6 Å². The zero-order valence-electron chi connectivity index (χ0n) is 14.6. The highest BCUT2D eigenvalue weighted by molar-refractivity contribution is 7.91. The third-order valence-electron chi connectivity index (χ3n) is 4.56. The average molecular weight is 378 g/mol. The molecule has 6 nitrogen and oxygen atoms in total. The van der Waals surface area contributed by atoms with Crippen molar-refractivity contribution in [3.63, 3.8) is 0 Å². The third-order valence-corrected chi connectivity index (χ3v) is 6.54. The number of nitrogen functional groups attached to an aromatic ring is 1. The summed E-state index contributed by atoms with van der Waals surface area (Å²) in [5.74, 6) is 0.704. The highest BCUT2D eigenvalue weighted by Crippen LogP contribution is 2.43. The van der Waals surface area contributed by atoms with Crippen LogP contribution >= 0.6 is 0 Å². The monoisotopic (exact) mass is 378 g/mol. The third kappa shape index (κ3) is 2.96. The molecule has 0 bridgehead atoms. The van der Waals surface area contributed by atoms with Crippen molar-refractivity contribution < 1.29 is 8.42 Å². The summed E-state index contributed by atoms with van der Waals surface area (Å²) in [6, 6.07) is 17.7. The number of hydrogen-bond acceptors (Lipinski definition) is 6. The maximum absolute atomic E-state index is 13.2. The highest BCUT2D eigenvalue weighted by Gasteiger charge is 2.35. The molecule has 7 heteroatoms. The molecule has 27 heavy (non-hydrogen) atoms. The number of nitrogens with two attached hydrogens (primary N) is 1. The predicted octanol–water partition coefficient (Wildman–Crippen LogP) is 3.06. The van der Waals surface area contributed by atoms with Crippen LogP contribution < -0.4 is 11.1 Å². The Kier molecular flexibility index (Phi) is 4.16. The summed E-state index contributed by atoms with van der Waals surface area (Å²) < 4.78 is 26.5. The van der Waals surface area contributed by atoms with E-state index in [4.69, 9.17) is 5.73 Å². The Balaban J connectivity index is 1.90. The van der Waals surface area contributed by atoms with Crippen molar-refractivity contribution >= 4 is 27.2 Å². The van der Waals surface area contributed by atoms with Gasteiger partial charge < -0.3 is 11.1 Å². The van der Waals surface area contributed by atoms with Gasteiger partial charge in [0.25, 0.3) is 0 Å². The minimum absolute atomic E-state index is 0.129. The Hall–Kier alpha value is -3.19. The van der Waals surface area contributed by atoms with Crippen LogP contribution in [0.4, 0.5) is 11.8 Å². The van der Waals surface area contributed by atoms with E-state index in [0.29, 0.717) is 16.4 Å². The summed E-state index contributed by atoms with van der Waals surface area (Å²) in [5.41, 5.74) is 8.72. The second kappa shape index (κ2) is 6.51. The average Bonchev–Trinajstić information content (AvgIpc) is 3.09. The molecule has 4 rings (SSSR count). The first-order valence-corrected chi connectivity index (χ1v) is 9.98. The number of nitrogens with zero attached hydrogens (tertiary/aromatic N) is 2. The standard InChI is InChI=1S/C20H18N4O2S/c1-22-19-12-17(23-20(21)24-19)16-11-18(15-10-6-5-9-14(15)16)27(25,26)13-7-3-2-4-8-13/h2-12,18H,1H3,(H3,21,22,23,24). The number of aromatic nitrogens is 2. The van der Waals surface area contributed by atoms with Crippen molar-refractivity contribution in [1.82, 2.24) is 9.97 Å². The van der Waals surface area contributed by atoms with E-state index < -0.39 is 15.1 Å². The van der Waals surface area contributed by atoms with Crippen molar-refractivity contribution in [2.45, 2.75) is 10.1 Å². The molecule has 0 spiro atoms. The highest BCUT2D eigenvalue weighted by atomic mass is 32.2. The lowest BCUT2D eigenvalue weighted by Crippen LogP contribution is -2.10. The van der Waals surface area contributed by atoms with Gasteiger partial charge in [-0.3, -0.25) is 0 Å². The molecule has 0 aliphatic heterocycles. The molecule has 136 valence electrons. The number of nitrogens with one attached hydrogen (secondary N) is 1. The van der Waals surface area contributed by atoms with Gasteiger partial charge in [-0.15, -0.1) is 0 Å². The van der Waals surface area contributed by atoms with Crippen LogP contribution in [-0.2, 0) is 9.84 Å². The molecule has 1 aliphatic rings. The van der Waals surface area contributed by atoms with Gasteiger partial charge in [-0.25, -0.2) is 13.4 Å². The molecule has 1 unspecified atom stereocenters. The van der Waals surface area contributed by atoms with E-state index in [-0.39, 0.29) is 5.95 Å². The SMILES string of the molecule is CNc1cc(C2=CC(S(=O)(=O)c3ccccc3)c3ccccc32)nc(N)n1. The minimum atomic E-state index is -3.59. The van der Waals surface area contributed by atoms with Crippen LogP contribution in [0.5, 0.6) is 0 Å². The van der Waals surface area contributed by atoms with Crippen molar-refractivity contribution in [1.29, 1.82) is 0 Å². The molecular weight excluding hydrogens is 360 g/mol. The van der Waals surface area contributed by atoms with Crippen molar-refractivity contribution in [3.8, 4) is 0 Å². The summed E-state index contributed by atoms with van der Waals surface area (Å²) in [5, 5.41) is 2.17. The Morgan fingerprint density at radius 2 is 1.70 bits per heavy atom. The summed E-state index contributed by atoms with van der Waals surface area (Å²) in [6.45, 7) is 0. The van der Waals surface area contributed by atoms with E-state index in [2.05, 4.69) is 15.3 Å². The lowest BCUT2D eigenvalue weighted by Gasteiger charge is -2.12. The van der Waals surface area contributed by atoms with Gasteiger partial charge >= 0.3 is 0 Å². The van der Waals surface area contributed by atoms with Crippen LogP contribution in [0.15, 0.2) is 71.6 Å². The van der Waals surface area contributed by atoms with E-state index >= 15 is 0 Å². The molecule has 1 aliphatic carbocycles. The topological polar surface area (TPSA) is 98.0 Å². The van der Waals surface area contributed by atoms with E-state index in [1.165, 1.54) is 0 Å². The summed E-state index contributed by atoms with van der Waals surface area (Å²) in [4.78, 5) is 8.71. The van der Waals surface area contributed by atoms with Crippen molar-refractivity contribution in [2.75, 3.05) is 18.1 Å². The predicted molar refractivity (Wildman–Crippen MR) is 106 cm³/mol. The van der Waals surface area contributed by atoms with Gasteiger partial charge in [0.2, 0.25) is 5.95 Å². The Morgan fingerprint density at radius 1 is 1.00 bits per heavy atom. The number of fused-ring (bicyclic) bond motifs is 1. The van der Waals surface area contributed by atoms with Gasteiger partial charge in [0, 0.05) is 18.7 Å². The second-order valence-electron chi connectivity index (χ2n) is 6.19. The second-order valence-corrected chi connectivity index (χ2v) is 8.26. The van der Waals surface area contributed by atoms with E-state index in [9.17, 15) is 8.42 Å². The van der Waals surface area contributed by atoms with Gasteiger partial charge in [0.1, 0.15) is 11.1 Å². The zero-order valence-corrected chi connectivity index (χ0v) is 15.4. The van der Waals surface area contributed by atoms with E-state index in [1.54, 1.807) is 49.5 Å². The smallest absolute Gasteiger partial charge is 0.222 e. The largest absolute Gasteiger partial charge is 0.373 e. The minimum Gasteiger partial charge on any atom is -0.373 e. The van der Waals surface area contributed by atoms with Crippen molar-refractivity contribution in [2.24, 2.45) is 0 Å². The Bertz CT molecular complexity index is 1140. The summed E-state index contributed by atoms with van der Waals surface area (Å²) in [6.07, 6.45) is 1.74. The first-order valence-electron chi connectivity index (χ1n) is 8.43. The Labute approximate surface area is 157 Å². The molecule has 0 fully saturated rings. The van der Waals surface area contributed by atoms with Crippen LogP contribution in [0.2, 0.25) is 0 Å². The molecule has 1 heterocycles. The van der Waals surface area contributed by atoms with Crippen LogP contribution in [0, 0.1) is 0 Å². The summed E-state index contributed by atoms with van der Waals surface area (Å²) in [7, 11) is -1.84. The van der Waals surface area contributed by atoms with Gasteiger partial charge in [-0.1, -0.05) is 48.5 Å². The molecule has 0 saturated heterocycles. The molecular formula is C20H18N4O2S. The normalized spacial score (nSPS) is 15.9. The first-order chi connectivity index (χ1) is 13.0. The molecule has 0 radical (unpaired) electrons. The number of hydrogen-bond donors (Lipinski definition) is 2. The maximum Gasteiger partial charge on any atom is 0.222 e. The number of sulfone groups is 1. The van der Waals surface area contributed by atoms with Crippen LogP contribution in [0.3, 0.4) is 0 Å². The van der Waals surface area contributed by atoms with Gasteiger partial charge in [0.15, 0.2) is 9.84 Å². The Morgan fingerprint density at radius 3 is 2.44 bits per heavy atom. The van der Waals surface area contributed by atoms with Crippen LogP contribution in [-0.4, -0.2) is 25.4 Å². The first kappa shape index (κ1) is 17.2. The van der Waals surface area contributed by atoms with Gasteiger partial charge in [-0.05, 0) is 23.3 Å². The molecule has 3 N–H and O–H groups in total. The fraction of sp³-hybridized carbons (Fsp3) is 0.100. The molecule has 1 atom stereocenters. The number of rotatable bonds is 4. The van der Waals surface area contributed by atoms with Crippen LogP contribution in [0.25, 0.3) is 5.57 Å². The molecule has 1 aromatic heterocycles. The number of anilines is 2. The molecule has 0 amide bonds. The summed E-state index contributed by atoms with van der Waals surface area (Å²) >= 11 is 0. The van der Waals surface area contributed by atoms with E-state index in [1.807, 2.05) is 24.3 Å². The number of benzene rings is 2. The van der Waals surface area contributed by atoms with Gasteiger partial charge in [-0.2, -0.15) is 4.98 Å². The zero-order chi connectivity index (χ0) is 19.0. The van der Waals surface area contributed by atoms with Crippen LogP contribution in [0.1, 0.15) is 22.1 Å². The maximum atomic E-state index is 13.2. The fourth-order valence-corrected chi connectivity index (χ4v) is 4.97. The van der Waals surface area contributed by atoms with Gasteiger partial charge in [0.05, 0.1) is 10.6 Å². The lowest BCUT2D eigenvalue weighted by atomic mass is 10.0. The molecule has 0 saturated carbocycles. The van der Waals surface area contributed by atoms with E-state index in [0.717, 1.165) is 16.7 Å².